The molecule has 0 fully saturated rings. The Labute approximate surface area is 158 Å². The van der Waals surface area contributed by atoms with E-state index in [1.54, 1.807) is 42.5 Å². The number of hydrogen-bond donors (Lipinski definition) is 2. The van der Waals surface area contributed by atoms with Crippen LogP contribution in [0.4, 0.5) is 10.5 Å². The molecule has 0 saturated carbocycles. The second kappa shape index (κ2) is 6.49. The number of carbonyl (C=O) groups is 1. The Hall–Kier alpha value is -3.24. The van der Waals surface area contributed by atoms with Crippen LogP contribution in [0.5, 0.6) is 0 Å². The summed E-state index contributed by atoms with van der Waals surface area (Å²) in [5.74, 6) is 0. The average Bonchev–Trinajstić information content (AvgIpc) is 3.13. The van der Waals surface area contributed by atoms with Crippen LogP contribution in [0, 0.1) is 0 Å². The van der Waals surface area contributed by atoms with Gasteiger partial charge in [-0.1, -0.05) is 35.9 Å². The minimum atomic E-state index is -4.01. The molecular formula is C16H11ClN6O3S. The van der Waals surface area contributed by atoms with Crippen molar-refractivity contribution in [1.82, 2.24) is 24.8 Å². The van der Waals surface area contributed by atoms with Crippen LogP contribution in [0.3, 0.4) is 0 Å². The van der Waals surface area contributed by atoms with Crippen LogP contribution in [0.1, 0.15) is 0 Å². The molecule has 0 aliphatic rings. The fraction of sp³-hybridized carbons (Fsp3) is 0. The highest BCUT2D eigenvalue weighted by atomic mass is 35.5. The third kappa shape index (κ3) is 3.27. The molecular weight excluding hydrogens is 392 g/mol. The Morgan fingerprint density at radius 2 is 1.85 bits per heavy atom. The number of anilines is 1. The van der Waals surface area contributed by atoms with Gasteiger partial charge in [-0.3, -0.25) is 0 Å². The van der Waals surface area contributed by atoms with E-state index in [1.807, 2.05) is 4.72 Å². The molecule has 2 heterocycles. The molecule has 2 amide bonds. The number of benzene rings is 2. The fourth-order valence-electron chi connectivity index (χ4n) is 2.58. The molecule has 4 aromatic rings. The number of amides is 2. The Balaban J connectivity index is 1.68. The number of tetrazole rings is 1. The fourth-order valence-corrected chi connectivity index (χ4v) is 3.67. The normalized spacial score (nSPS) is 11.6. The van der Waals surface area contributed by atoms with E-state index in [1.165, 1.54) is 16.6 Å². The summed E-state index contributed by atoms with van der Waals surface area (Å²) in [4.78, 5) is 12.2. The summed E-state index contributed by atoms with van der Waals surface area (Å²) in [6.07, 6.45) is 0. The van der Waals surface area contributed by atoms with Crippen molar-refractivity contribution in [1.29, 1.82) is 0 Å². The lowest BCUT2D eigenvalue weighted by molar-refractivity contribution is 0.256. The topological polar surface area (TPSA) is 118 Å². The van der Waals surface area contributed by atoms with Gasteiger partial charge in [-0.05, 0) is 40.8 Å². The van der Waals surface area contributed by atoms with Crippen molar-refractivity contribution >= 4 is 49.9 Å². The molecule has 0 bridgehead atoms. The maximum absolute atomic E-state index is 12.3. The van der Waals surface area contributed by atoms with E-state index in [-0.39, 0.29) is 16.2 Å². The van der Waals surface area contributed by atoms with Crippen LogP contribution >= 0.6 is 11.6 Å². The van der Waals surface area contributed by atoms with Crippen molar-refractivity contribution in [2.45, 2.75) is 4.90 Å². The molecule has 2 aromatic carbocycles. The van der Waals surface area contributed by atoms with E-state index in [2.05, 4.69) is 20.8 Å². The number of urea groups is 1. The van der Waals surface area contributed by atoms with Crippen molar-refractivity contribution in [3.63, 3.8) is 0 Å². The van der Waals surface area contributed by atoms with E-state index < -0.39 is 16.1 Å². The maximum Gasteiger partial charge on any atom is 0.333 e. The molecule has 2 aromatic heterocycles. The number of pyridine rings is 1. The van der Waals surface area contributed by atoms with Gasteiger partial charge in [-0.15, -0.1) is 5.10 Å². The average molecular weight is 403 g/mol. The van der Waals surface area contributed by atoms with Crippen LogP contribution < -0.4 is 10.0 Å². The zero-order valence-corrected chi connectivity index (χ0v) is 15.1. The number of nitrogens with one attached hydrogen (secondary N) is 2. The number of aromatic nitrogens is 4. The zero-order chi connectivity index (χ0) is 19.0. The first-order valence-electron chi connectivity index (χ1n) is 7.63. The summed E-state index contributed by atoms with van der Waals surface area (Å²) in [6.45, 7) is 0. The second-order valence-electron chi connectivity index (χ2n) is 5.55. The Morgan fingerprint density at radius 3 is 2.63 bits per heavy atom. The van der Waals surface area contributed by atoms with Gasteiger partial charge >= 0.3 is 6.03 Å². The highest BCUT2D eigenvalue weighted by molar-refractivity contribution is 7.90. The maximum atomic E-state index is 12.3. The predicted molar refractivity (Wildman–Crippen MR) is 99.1 cm³/mol. The molecule has 0 unspecified atom stereocenters. The summed E-state index contributed by atoms with van der Waals surface area (Å²) in [5.41, 5.74) is 1.14. The highest BCUT2D eigenvalue weighted by Crippen LogP contribution is 2.25. The lowest BCUT2D eigenvalue weighted by Gasteiger charge is -2.10. The summed E-state index contributed by atoms with van der Waals surface area (Å²) in [7, 11) is -4.01. The number of carbonyl (C=O) groups excluding carboxylic acids is 1. The van der Waals surface area contributed by atoms with Crippen molar-refractivity contribution in [2.75, 3.05) is 5.32 Å². The molecule has 0 atom stereocenters. The van der Waals surface area contributed by atoms with Crippen LogP contribution in [0.2, 0.25) is 5.02 Å². The van der Waals surface area contributed by atoms with Crippen LogP contribution in [0.25, 0.3) is 16.6 Å². The van der Waals surface area contributed by atoms with Gasteiger partial charge < -0.3 is 5.32 Å². The number of rotatable bonds is 3. The number of halogens is 1. The number of hydrogen-bond acceptors (Lipinski definition) is 6. The predicted octanol–water partition coefficient (Wildman–Crippen LogP) is 2.44. The first-order chi connectivity index (χ1) is 12.9. The smallest absolute Gasteiger partial charge is 0.304 e. The second-order valence-corrected chi connectivity index (χ2v) is 7.67. The van der Waals surface area contributed by atoms with Gasteiger partial charge in [0.25, 0.3) is 10.0 Å². The largest absolute Gasteiger partial charge is 0.333 e. The molecule has 11 heteroatoms. The van der Waals surface area contributed by atoms with E-state index in [0.29, 0.717) is 15.9 Å². The van der Waals surface area contributed by atoms with Crippen LogP contribution in [-0.4, -0.2) is 34.5 Å². The van der Waals surface area contributed by atoms with Crippen LogP contribution in [0.15, 0.2) is 59.5 Å². The summed E-state index contributed by atoms with van der Waals surface area (Å²) in [6, 6.07) is 13.4. The third-order valence-electron chi connectivity index (χ3n) is 3.76. The molecule has 0 saturated heterocycles. The molecule has 9 nitrogen and oxygen atoms in total. The molecule has 4 rings (SSSR count). The van der Waals surface area contributed by atoms with Gasteiger partial charge in [0.05, 0.1) is 16.1 Å². The Morgan fingerprint density at radius 1 is 1.07 bits per heavy atom. The molecule has 2 N–H and O–H groups in total. The Bertz CT molecular complexity index is 1270. The quantitative estimate of drug-likeness (QED) is 0.543. The zero-order valence-electron chi connectivity index (χ0n) is 13.5. The number of nitrogens with zero attached hydrogens (tertiary/aromatic N) is 4. The SMILES string of the molecule is O=C(Nc1cc2ccc(Cl)cc2n2nnnc12)NS(=O)(=O)c1ccccc1. The lowest BCUT2D eigenvalue weighted by Crippen LogP contribution is -2.34. The van der Waals surface area contributed by atoms with Crippen LogP contribution in [-0.2, 0) is 10.0 Å². The third-order valence-corrected chi connectivity index (χ3v) is 5.34. The minimum Gasteiger partial charge on any atom is -0.304 e. The molecule has 136 valence electrons. The first-order valence-corrected chi connectivity index (χ1v) is 9.49. The molecule has 0 radical (unpaired) electrons. The first kappa shape index (κ1) is 17.2. The van der Waals surface area contributed by atoms with Crippen molar-refractivity contribution < 1.29 is 13.2 Å². The van der Waals surface area contributed by atoms with Gasteiger partial charge in [0.1, 0.15) is 0 Å². The standard InChI is InChI=1S/C16H11ClN6O3S/c17-11-7-6-10-8-13(15-19-21-22-23(15)14(10)9-11)18-16(24)20-27(25,26)12-4-2-1-3-5-12/h1-9H,(H2,18,20,24). The Kier molecular flexibility index (Phi) is 4.13. The van der Waals surface area contributed by atoms with E-state index in [0.717, 1.165) is 0 Å². The lowest BCUT2D eigenvalue weighted by atomic mass is 10.2. The summed E-state index contributed by atoms with van der Waals surface area (Å²) >= 11 is 6.01. The highest BCUT2D eigenvalue weighted by Gasteiger charge is 2.19. The van der Waals surface area contributed by atoms with Gasteiger partial charge in [0.15, 0.2) is 0 Å². The summed E-state index contributed by atoms with van der Waals surface area (Å²) in [5, 5.41) is 15.1. The monoisotopic (exact) mass is 402 g/mol. The number of fused-ring (bicyclic) bond motifs is 3. The van der Waals surface area contributed by atoms with Gasteiger partial charge in [-0.2, -0.15) is 4.52 Å². The molecule has 27 heavy (non-hydrogen) atoms. The number of sulfonamides is 1. The van der Waals surface area contributed by atoms with Crippen molar-refractivity contribution in [2.24, 2.45) is 0 Å². The van der Waals surface area contributed by atoms with Crippen molar-refractivity contribution in [3.05, 3.63) is 59.6 Å². The summed E-state index contributed by atoms with van der Waals surface area (Å²) < 4.78 is 27.9. The molecule has 0 spiro atoms. The van der Waals surface area contributed by atoms with Gasteiger partial charge in [0.2, 0.25) is 5.65 Å². The van der Waals surface area contributed by atoms with E-state index in [9.17, 15) is 13.2 Å². The molecule has 0 aliphatic heterocycles. The van der Waals surface area contributed by atoms with E-state index in [4.69, 9.17) is 11.6 Å². The van der Waals surface area contributed by atoms with Gasteiger partial charge in [0, 0.05) is 10.4 Å². The van der Waals surface area contributed by atoms with Gasteiger partial charge in [-0.25, -0.2) is 17.9 Å². The molecule has 0 aliphatic carbocycles. The van der Waals surface area contributed by atoms with Crippen molar-refractivity contribution in [3.8, 4) is 0 Å². The minimum absolute atomic E-state index is 0.0254. The van der Waals surface area contributed by atoms with E-state index >= 15 is 0 Å².